The average molecular weight is 248 g/mol. The molecule has 100 valence electrons. The first-order valence-corrected chi connectivity index (χ1v) is 7.60. The monoisotopic (exact) mass is 248 g/mol. The first-order valence-electron chi connectivity index (χ1n) is 7.60. The zero-order valence-electron chi connectivity index (χ0n) is 11.2. The second kappa shape index (κ2) is 5.19. The van der Waals surface area contributed by atoms with Crippen LogP contribution in [0.5, 0.6) is 0 Å². The average Bonchev–Trinajstić information content (AvgIpc) is 2.88. The number of ether oxygens (including phenoxy) is 1. The molecule has 18 heavy (non-hydrogen) atoms. The van der Waals surface area contributed by atoms with Gasteiger partial charge in [-0.15, -0.1) is 0 Å². The van der Waals surface area contributed by atoms with Gasteiger partial charge in [0.15, 0.2) is 0 Å². The van der Waals surface area contributed by atoms with Crippen molar-refractivity contribution in [1.29, 1.82) is 5.26 Å². The molecule has 0 aromatic heterocycles. The maximum atomic E-state index is 9.11. The Morgan fingerprint density at radius 3 is 2.50 bits per heavy atom. The van der Waals surface area contributed by atoms with E-state index in [1.807, 2.05) is 0 Å². The molecule has 3 nitrogen and oxygen atoms in total. The van der Waals surface area contributed by atoms with Crippen LogP contribution in [0.25, 0.3) is 0 Å². The Kier molecular flexibility index (Phi) is 3.59. The SMILES string of the molecule is N#CCN(C1CCCC1)C1CCOC2(CCC2)C1. The van der Waals surface area contributed by atoms with Crippen LogP contribution in [0.3, 0.4) is 0 Å². The molecule has 0 N–H and O–H groups in total. The summed E-state index contributed by atoms with van der Waals surface area (Å²) in [4.78, 5) is 2.51. The molecule has 0 radical (unpaired) electrons. The van der Waals surface area contributed by atoms with Crippen LogP contribution in [0.1, 0.15) is 57.8 Å². The molecule has 0 aromatic rings. The van der Waals surface area contributed by atoms with Crippen molar-refractivity contribution in [3.8, 4) is 6.07 Å². The van der Waals surface area contributed by atoms with Gasteiger partial charge >= 0.3 is 0 Å². The summed E-state index contributed by atoms with van der Waals surface area (Å²) in [7, 11) is 0. The van der Waals surface area contributed by atoms with Gasteiger partial charge in [-0.2, -0.15) is 5.26 Å². The quantitative estimate of drug-likeness (QED) is 0.721. The fraction of sp³-hybridized carbons (Fsp3) is 0.933. The third kappa shape index (κ3) is 2.29. The number of hydrogen-bond acceptors (Lipinski definition) is 3. The van der Waals surface area contributed by atoms with Crippen molar-refractivity contribution in [2.75, 3.05) is 13.2 Å². The second-order valence-corrected chi connectivity index (χ2v) is 6.30. The van der Waals surface area contributed by atoms with Crippen LogP contribution in [0, 0.1) is 11.3 Å². The second-order valence-electron chi connectivity index (χ2n) is 6.30. The summed E-state index contributed by atoms with van der Waals surface area (Å²) in [5.74, 6) is 0. The largest absolute Gasteiger partial charge is 0.375 e. The van der Waals surface area contributed by atoms with Crippen LogP contribution >= 0.6 is 0 Å². The Hall–Kier alpha value is -0.590. The Labute approximate surface area is 110 Å². The molecule has 3 fully saturated rings. The highest BCUT2D eigenvalue weighted by atomic mass is 16.5. The van der Waals surface area contributed by atoms with Crippen LogP contribution in [-0.4, -0.2) is 35.7 Å². The van der Waals surface area contributed by atoms with Gasteiger partial charge in [0.1, 0.15) is 0 Å². The molecule has 0 bridgehead atoms. The fourth-order valence-electron chi connectivity index (χ4n) is 4.08. The van der Waals surface area contributed by atoms with E-state index in [4.69, 9.17) is 10.00 Å². The molecule has 1 saturated heterocycles. The van der Waals surface area contributed by atoms with Crippen molar-refractivity contribution in [2.45, 2.75) is 75.5 Å². The van der Waals surface area contributed by atoms with Gasteiger partial charge in [0, 0.05) is 18.7 Å². The number of rotatable bonds is 3. The van der Waals surface area contributed by atoms with Crippen molar-refractivity contribution in [3.05, 3.63) is 0 Å². The standard InChI is InChI=1S/C15H24N2O/c16-9-10-17(13-4-1-2-5-13)14-6-11-18-15(12-14)7-3-8-15/h13-14H,1-8,10-12H2. The van der Waals surface area contributed by atoms with Crippen molar-refractivity contribution in [3.63, 3.8) is 0 Å². The minimum Gasteiger partial charge on any atom is -0.375 e. The van der Waals surface area contributed by atoms with Crippen LogP contribution in [0.15, 0.2) is 0 Å². The predicted molar refractivity (Wildman–Crippen MR) is 70.1 cm³/mol. The fourth-order valence-corrected chi connectivity index (χ4v) is 4.08. The van der Waals surface area contributed by atoms with E-state index >= 15 is 0 Å². The van der Waals surface area contributed by atoms with Gasteiger partial charge in [0.2, 0.25) is 0 Å². The predicted octanol–water partition coefficient (Wildman–Crippen LogP) is 2.86. The number of nitriles is 1. The summed E-state index contributed by atoms with van der Waals surface area (Å²) in [5, 5.41) is 9.11. The first kappa shape index (κ1) is 12.4. The molecule has 3 aliphatic rings. The lowest BCUT2D eigenvalue weighted by Gasteiger charge is -2.50. The maximum absolute atomic E-state index is 9.11. The van der Waals surface area contributed by atoms with Gasteiger partial charge in [0.25, 0.3) is 0 Å². The third-order valence-corrected chi connectivity index (χ3v) is 5.25. The van der Waals surface area contributed by atoms with E-state index < -0.39 is 0 Å². The van der Waals surface area contributed by atoms with Crippen molar-refractivity contribution < 1.29 is 4.74 Å². The molecular weight excluding hydrogens is 224 g/mol. The van der Waals surface area contributed by atoms with Crippen molar-refractivity contribution in [2.24, 2.45) is 0 Å². The molecule has 0 aromatic carbocycles. The summed E-state index contributed by atoms with van der Waals surface area (Å²) in [6.07, 6.45) is 11.4. The maximum Gasteiger partial charge on any atom is 0.0870 e. The number of hydrogen-bond donors (Lipinski definition) is 0. The molecule has 0 amide bonds. The van der Waals surface area contributed by atoms with E-state index in [9.17, 15) is 0 Å². The molecule has 2 aliphatic carbocycles. The molecule has 2 saturated carbocycles. The Morgan fingerprint density at radius 1 is 1.11 bits per heavy atom. The molecule has 1 aliphatic heterocycles. The van der Waals surface area contributed by atoms with E-state index in [2.05, 4.69) is 11.0 Å². The van der Waals surface area contributed by atoms with E-state index in [-0.39, 0.29) is 5.60 Å². The molecule has 1 heterocycles. The van der Waals surface area contributed by atoms with Gasteiger partial charge < -0.3 is 4.74 Å². The lowest BCUT2D eigenvalue weighted by atomic mass is 9.73. The summed E-state index contributed by atoms with van der Waals surface area (Å²) in [6.45, 7) is 1.52. The highest BCUT2D eigenvalue weighted by molar-refractivity contribution is 4.99. The summed E-state index contributed by atoms with van der Waals surface area (Å²) in [5.41, 5.74) is 0.204. The minimum absolute atomic E-state index is 0.204. The molecule has 1 spiro atoms. The van der Waals surface area contributed by atoms with E-state index in [1.54, 1.807) is 0 Å². The van der Waals surface area contributed by atoms with E-state index in [0.29, 0.717) is 18.6 Å². The molecule has 1 atom stereocenters. The van der Waals surface area contributed by atoms with Gasteiger partial charge in [-0.25, -0.2) is 0 Å². The molecule has 3 heteroatoms. The highest BCUT2D eigenvalue weighted by Gasteiger charge is 2.44. The van der Waals surface area contributed by atoms with Crippen LogP contribution in [-0.2, 0) is 4.74 Å². The van der Waals surface area contributed by atoms with Crippen LogP contribution in [0.2, 0.25) is 0 Å². The Balaban J connectivity index is 1.67. The van der Waals surface area contributed by atoms with E-state index in [0.717, 1.165) is 13.0 Å². The lowest BCUT2D eigenvalue weighted by Crippen LogP contribution is -2.54. The third-order valence-electron chi connectivity index (χ3n) is 5.25. The molecule has 1 unspecified atom stereocenters. The molecular formula is C15H24N2O. The topological polar surface area (TPSA) is 36.3 Å². The Bertz CT molecular complexity index is 326. The number of nitrogens with zero attached hydrogens (tertiary/aromatic N) is 2. The Morgan fingerprint density at radius 2 is 1.89 bits per heavy atom. The van der Waals surface area contributed by atoms with E-state index in [1.165, 1.54) is 51.4 Å². The van der Waals surface area contributed by atoms with Gasteiger partial charge in [0.05, 0.1) is 18.2 Å². The lowest BCUT2D eigenvalue weighted by molar-refractivity contribution is -0.150. The van der Waals surface area contributed by atoms with Crippen molar-refractivity contribution in [1.82, 2.24) is 4.90 Å². The summed E-state index contributed by atoms with van der Waals surface area (Å²) >= 11 is 0. The first-order chi connectivity index (χ1) is 8.83. The zero-order chi connectivity index (χ0) is 12.4. The van der Waals surface area contributed by atoms with Gasteiger partial charge in [-0.05, 0) is 44.9 Å². The highest BCUT2D eigenvalue weighted by Crippen LogP contribution is 2.44. The zero-order valence-corrected chi connectivity index (χ0v) is 11.2. The normalized spacial score (nSPS) is 31.4. The smallest absolute Gasteiger partial charge is 0.0870 e. The van der Waals surface area contributed by atoms with Gasteiger partial charge in [-0.1, -0.05) is 12.8 Å². The van der Waals surface area contributed by atoms with Gasteiger partial charge in [-0.3, -0.25) is 4.90 Å². The van der Waals surface area contributed by atoms with Crippen LogP contribution < -0.4 is 0 Å². The minimum atomic E-state index is 0.204. The summed E-state index contributed by atoms with van der Waals surface area (Å²) < 4.78 is 6.01. The van der Waals surface area contributed by atoms with Crippen molar-refractivity contribution >= 4 is 0 Å². The van der Waals surface area contributed by atoms with Crippen LogP contribution in [0.4, 0.5) is 0 Å². The molecule has 3 rings (SSSR count). The summed E-state index contributed by atoms with van der Waals surface area (Å²) in [6, 6.07) is 3.66.